The summed E-state index contributed by atoms with van der Waals surface area (Å²) >= 11 is 0. The van der Waals surface area contributed by atoms with Crippen LogP contribution in [0.5, 0.6) is 5.75 Å². The van der Waals surface area contributed by atoms with Crippen molar-refractivity contribution < 1.29 is 9.53 Å². The molecule has 1 fully saturated rings. The van der Waals surface area contributed by atoms with Gasteiger partial charge in [0.05, 0.1) is 0 Å². The molecule has 1 aromatic carbocycles. The Morgan fingerprint density at radius 3 is 2.85 bits per heavy atom. The van der Waals surface area contributed by atoms with E-state index in [0.29, 0.717) is 18.3 Å². The number of ether oxygens (including phenoxy) is 1. The lowest BCUT2D eigenvalue weighted by molar-refractivity contribution is -0.132. The first-order valence-corrected chi connectivity index (χ1v) is 6.96. The smallest absolute Gasteiger partial charge is 0.260 e. The van der Waals surface area contributed by atoms with Gasteiger partial charge >= 0.3 is 0 Å². The van der Waals surface area contributed by atoms with Crippen molar-refractivity contribution in [2.24, 2.45) is 5.73 Å². The molecule has 20 heavy (non-hydrogen) atoms. The molecule has 1 aliphatic rings. The average Bonchev–Trinajstić information content (AvgIpc) is 2.95. The number of nitrogens with two attached hydrogens (primary N) is 1. The van der Waals surface area contributed by atoms with Crippen molar-refractivity contribution in [3.8, 4) is 5.75 Å². The molecule has 2 N–H and O–H groups in total. The SMILES string of the molecule is CN(C)C1CCN(C(=O)COc2ccccc2CN)C1. The van der Waals surface area contributed by atoms with Gasteiger partial charge in [0.1, 0.15) is 5.75 Å². The number of carbonyl (C=O) groups is 1. The maximum Gasteiger partial charge on any atom is 0.260 e. The van der Waals surface area contributed by atoms with E-state index in [9.17, 15) is 4.79 Å². The Balaban J connectivity index is 1.87. The van der Waals surface area contributed by atoms with Crippen molar-refractivity contribution in [1.82, 2.24) is 9.80 Å². The monoisotopic (exact) mass is 277 g/mol. The maximum absolute atomic E-state index is 12.1. The summed E-state index contributed by atoms with van der Waals surface area (Å²) in [7, 11) is 4.10. The number of nitrogens with zero attached hydrogens (tertiary/aromatic N) is 2. The van der Waals surface area contributed by atoms with Crippen LogP contribution >= 0.6 is 0 Å². The van der Waals surface area contributed by atoms with Gasteiger partial charge in [-0.3, -0.25) is 4.79 Å². The molecule has 110 valence electrons. The fourth-order valence-corrected chi connectivity index (χ4v) is 2.43. The van der Waals surface area contributed by atoms with Gasteiger partial charge in [0.15, 0.2) is 6.61 Å². The molecule has 0 bridgehead atoms. The van der Waals surface area contributed by atoms with Crippen LogP contribution in [0, 0.1) is 0 Å². The number of hydrogen-bond donors (Lipinski definition) is 1. The zero-order chi connectivity index (χ0) is 14.5. The van der Waals surface area contributed by atoms with Gasteiger partial charge < -0.3 is 20.3 Å². The summed E-state index contributed by atoms with van der Waals surface area (Å²) in [5.41, 5.74) is 6.57. The number of likely N-dealkylation sites (N-methyl/N-ethyl adjacent to an activating group) is 1. The van der Waals surface area contributed by atoms with Crippen LogP contribution in [0.3, 0.4) is 0 Å². The van der Waals surface area contributed by atoms with Gasteiger partial charge in [0.2, 0.25) is 0 Å². The highest BCUT2D eigenvalue weighted by Crippen LogP contribution is 2.18. The van der Waals surface area contributed by atoms with Crippen LogP contribution in [-0.2, 0) is 11.3 Å². The summed E-state index contributed by atoms with van der Waals surface area (Å²) in [5.74, 6) is 0.743. The number of carbonyl (C=O) groups excluding carboxylic acids is 1. The fraction of sp³-hybridized carbons (Fsp3) is 0.533. The summed E-state index contributed by atoms with van der Waals surface area (Å²) < 4.78 is 5.61. The van der Waals surface area contributed by atoms with Crippen molar-refractivity contribution >= 4 is 5.91 Å². The largest absolute Gasteiger partial charge is 0.483 e. The molecule has 1 atom stereocenters. The predicted molar refractivity (Wildman–Crippen MR) is 78.5 cm³/mol. The van der Waals surface area contributed by atoms with Crippen LogP contribution in [-0.4, -0.2) is 55.5 Å². The lowest BCUT2D eigenvalue weighted by Crippen LogP contribution is -2.36. The van der Waals surface area contributed by atoms with Crippen molar-refractivity contribution in [2.45, 2.75) is 19.0 Å². The maximum atomic E-state index is 12.1. The molecule has 5 nitrogen and oxygen atoms in total. The van der Waals surface area contributed by atoms with E-state index in [1.807, 2.05) is 43.3 Å². The van der Waals surface area contributed by atoms with Gasteiger partial charge in [-0.2, -0.15) is 0 Å². The van der Waals surface area contributed by atoms with Gasteiger partial charge in [0, 0.05) is 31.2 Å². The zero-order valence-corrected chi connectivity index (χ0v) is 12.2. The summed E-state index contributed by atoms with van der Waals surface area (Å²) in [6.45, 7) is 2.09. The van der Waals surface area contributed by atoms with E-state index in [1.54, 1.807) is 0 Å². The van der Waals surface area contributed by atoms with Crippen LogP contribution in [0.15, 0.2) is 24.3 Å². The predicted octanol–water partition coefficient (Wildman–Crippen LogP) is 0.687. The van der Waals surface area contributed by atoms with Gasteiger partial charge in [-0.15, -0.1) is 0 Å². The number of benzene rings is 1. The Bertz CT molecular complexity index is 462. The number of rotatable bonds is 5. The summed E-state index contributed by atoms with van der Waals surface area (Å²) in [5, 5.41) is 0. The number of hydrogen-bond acceptors (Lipinski definition) is 4. The molecule has 0 aromatic heterocycles. The minimum atomic E-state index is 0.0428. The van der Waals surface area contributed by atoms with Gasteiger partial charge in [-0.25, -0.2) is 0 Å². The summed E-state index contributed by atoms with van der Waals surface area (Å²) in [6, 6.07) is 8.02. The highest BCUT2D eigenvalue weighted by Gasteiger charge is 2.27. The molecule has 0 aliphatic carbocycles. The van der Waals surface area contributed by atoms with Crippen molar-refractivity contribution in [2.75, 3.05) is 33.8 Å². The minimum absolute atomic E-state index is 0.0428. The number of para-hydroxylation sites is 1. The van der Waals surface area contributed by atoms with Crippen LogP contribution in [0.2, 0.25) is 0 Å². The first kappa shape index (κ1) is 14.8. The number of likely N-dealkylation sites (tertiary alicyclic amines) is 1. The summed E-state index contributed by atoms with van der Waals surface area (Å²) in [4.78, 5) is 16.2. The standard InChI is InChI=1S/C15H23N3O2/c1-17(2)13-7-8-18(10-13)15(19)11-20-14-6-4-3-5-12(14)9-16/h3-6,13H,7-11,16H2,1-2H3. The Kier molecular flexibility index (Phi) is 4.98. The van der Waals surface area contributed by atoms with Crippen LogP contribution in [0.4, 0.5) is 0 Å². The van der Waals surface area contributed by atoms with Crippen molar-refractivity contribution in [3.05, 3.63) is 29.8 Å². The molecule has 1 aliphatic heterocycles. The average molecular weight is 277 g/mol. The molecule has 1 unspecified atom stereocenters. The molecule has 0 saturated carbocycles. The molecule has 2 rings (SSSR count). The minimum Gasteiger partial charge on any atom is -0.483 e. The van der Waals surface area contributed by atoms with E-state index in [1.165, 1.54) is 0 Å². The molecule has 0 spiro atoms. The van der Waals surface area contributed by atoms with Gasteiger partial charge in [-0.05, 0) is 26.6 Å². The van der Waals surface area contributed by atoms with E-state index in [2.05, 4.69) is 4.90 Å². The molecular formula is C15H23N3O2. The first-order valence-electron chi connectivity index (χ1n) is 6.96. The van der Waals surface area contributed by atoms with E-state index < -0.39 is 0 Å². The van der Waals surface area contributed by atoms with E-state index in [4.69, 9.17) is 10.5 Å². The van der Waals surface area contributed by atoms with E-state index in [0.717, 1.165) is 25.1 Å². The van der Waals surface area contributed by atoms with Crippen LogP contribution in [0.1, 0.15) is 12.0 Å². The normalized spacial score (nSPS) is 18.6. The number of amides is 1. The molecule has 1 aromatic rings. The van der Waals surface area contributed by atoms with E-state index in [-0.39, 0.29) is 12.5 Å². The third-order valence-electron chi connectivity index (χ3n) is 3.79. The second-order valence-electron chi connectivity index (χ2n) is 5.35. The quantitative estimate of drug-likeness (QED) is 0.860. The Labute approximate surface area is 120 Å². The first-order chi connectivity index (χ1) is 9.61. The molecule has 1 amide bonds. The van der Waals surface area contributed by atoms with E-state index >= 15 is 0 Å². The molecule has 1 heterocycles. The van der Waals surface area contributed by atoms with Gasteiger partial charge in [0.25, 0.3) is 5.91 Å². The molecule has 5 heteroatoms. The highest BCUT2D eigenvalue weighted by atomic mass is 16.5. The highest BCUT2D eigenvalue weighted by molar-refractivity contribution is 5.78. The third-order valence-corrected chi connectivity index (χ3v) is 3.79. The van der Waals surface area contributed by atoms with Crippen LogP contribution < -0.4 is 10.5 Å². The second kappa shape index (κ2) is 6.72. The molecule has 1 saturated heterocycles. The summed E-state index contributed by atoms with van der Waals surface area (Å²) in [6.07, 6.45) is 1.03. The Morgan fingerprint density at radius 1 is 1.45 bits per heavy atom. The fourth-order valence-electron chi connectivity index (χ4n) is 2.43. The lowest BCUT2D eigenvalue weighted by Gasteiger charge is -2.20. The Morgan fingerprint density at radius 2 is 2.20 bits per heavy atom. The lowest BCUT2D eigenvalue weighted by atomic mass is 10.2. The van der Waals surface area contributed by atoms with Gasteiger partial charge in [-0.1, -0.05) is 18.2 Å². The topological polar surface area (TPSA) is 58.8 Å². The molecular weight excluding hydrogens is 254 g/mol. The molecule has 0 radical (unpaired) electrons. The third kappa shape index (κ3) is 3.49. The van der Waals surface area contributed by atoms with Crippen molar-refractivity contribution in [1.29, 1.82) is 0 Å². The van der Waals surface area contributed by atoms with Crippen molar-refractivity contribution in [3.63, 3.8) is 0 Å². The zero-order valence-electron chi connectivity index (χ0n) is 12.2. The second-order valence-corrected chi connectivity index (χ2v) is 5.35. The van der Waals surface area contributed by atoms with Crippen LogP contribution in [0.25, 0.3) is 0 Å². The Hall–Kier alpha value is -1.59.